The summed E-state index contributed by atoms with van der Waals surface area (Å²) >= 11 is 0. The molecule has 0 radical (unpaired) electrons. The molecule has 0 saturated carbocycles. The van der Waals surface area contributed by atoms with E-state index in [9.17, 15) is 36.0 Å². The quantitative estimate of drug-likeness (QED) is 0.619. The topological polar surface area (TPSA) is 108 Å². The third-order valence-electron chi connectivity index (χ3n) is 4.57. The van der Waals surface area contributed by atoms with E-state index in [1.165, 1.54) is 22.1 Å². The van der Waals surface area contributed by atoms with Gasteiger partial charge in [-0.05, 0) is 42.0 Å². The number of carbonyl (C=O) groups excluding carboxylic acids is 3. The van der Waals surface area contributed by atoms with Gasteiger partial charge < -0.3 is 9.80 Å². The molecule has 0 aliphatic carbocycles. The molecule has 1 aromatic carbocycles. The number of aromatic nitrogens is 1. The number of amides is 4. The maximum Gasteiger partial charge on any atom is 0.501 e. The van der Waals surface area contributed by atoms with Crippen LogP contribution in [-0.4, -0.2) is 67.2 Å². The average Bonchev–Trinajstić information content (AvgIpc) is 2.99. The zero-order valence-corrected chi connectivity index (χ0v) is 17.6. The molecule has 0 atom stereocenters. The number of sulfone groups is 1. The fourth-order valence-corrected chi connectivity index (χ4v) is 3.74. The summed E-state index contributed by atoms with van der Waals surface area (Å²) in [5, 5.41) is 0. The van der Waals surface area contributed by atoms with Crippen molar-refractivity contribution in [2.24, 2.45) is 0 Å². The number of anilines is 1. The van der Waals surface area contributed by atoms with Gasteiger partial charge >= 0.3 is 11.5 Å². The molecule has 0 N–H and O–H groups in total. The van der Waals surface area contributed by atoms with Crippen LogP contribution in [0.2, 0.25) is 0 Å². The van der Waals surface area contributed by atoms with Gasteiger partial charge in [-0.2, -0.15) is 13.2 Å². The number of alkyl halides is 3. The molecule has 1 fully saturated rings. The molecular weight excluding hydrogens is 453 g/mol. The molecular formula is C19H17F3N4O5S. The third-order valence-corrected chi connectivity index (χ3v) is 6.07. The highest BCUT2D eigenvalue weighted by atomic mass is 32.2. The second-order valence-electron chi connectivity index (χ2n) is 7.06. The van der Waals surface area contributed by atoms with Gasteiger partial charge in [0.1, 0.15) is 12.2 Å². The number of pyridine rings is 1. The Bertz CT molecular complexity index is 1180. The van der Waals surface area contributed by atoms with Gasteiger partial charge in [-0.3, -0.25) is 14.6 Å². The predicted octanol–water partition coefficient (Wildman–Crippen LogP) is 2.05. The lowest BCUT2D eigenvalue weighted by Crippen LogP contribution is -2.33. The highest BCUT2D eigenvalue weighted by Crippen LogP contribution is 2.32. The van der Waals surface area contributed by atoms with E-state index in [0.29, 0.717) is 17.7 Å². The zero-order valence-electron chi connectivity index (χ0n) is 16.8. The second kappa shape index (κ2) is 8.22. The number of urea groups is 1. The summed E-state index contributed by atoms with van der Waals surface area (Å²) in [5.74, 6) is -0.980. The summed E-state index contributed by atoms with van der Waals surface area (Å²) in [4.78, 5) is 43.4. The monoisotopic (exact) mass is 470 g/mol. The Kier molecular flexibility index (Phi) is 5.96. The number of hydrogen-bond acceptors (Lipinski definition) is 6. The van der Waals surface area contributed by atoms with Crippen LogP contribution in [0.25, 0.3) is 0 Å². The number of carbonyl (C=O) groups is 3. The van der Waals surface area contributed by atoms with E-state index < -0.39 is 32.2 Å². The van der Waals surface area contributed by atoms with Crippen LogP contribution >= 0.6 is 0 Å². The average molecular weight is 470 g/mol. The molecule has 0 unspecified atom stereocenters. The van der Waals surface area contributed by atoms with Crippen LogP contribution < -0.4 is 4.90 Å². The van der Waals surface area contributed by atoms with Crippen LogP contribution in [0.5, 0.6) is 0 Å². The summed E-state index contributed by atoms with van der Waals surface area (Å²) in [7, 11) is -2.43. The van der Waals surface area contributed by atoms with E-state index in [2.05, 4.69) is 4.98 Å². The zero-order chi connectivity index (χ0) is 23.8. The van der Waals surface area contributed by atoms with Crippen molar-refractivity contribution in [2.45, 2.75) is 16.9 Å². The van der Waals surface area contributed by atoms with E-state index in [0.717, 1.165) is 17.0 Å². The molecule has 2 aromatic rings. The second-order valence-corrected chi connectivity index (χ2v) is 9.00. The standard InChI is InChI=1S/C19H17F3N4O5S/c1-24(2)17(28)15-9-12(7-8-23-15)10-25-11-16(27)26(18(25)29)13-3-5-14(6-4-13)32(30,31)19(20,21)22/h3-9H,10-11H2,1-2H3. The van der Waals surface area contributed by atoms with Crippen LogP contribution in [0.4, 0.5) is 23.7 Å². The number of imide groups is 1. The molecule has 0 bridgehead atoms. The van der Waals surface area contributed by atoms with Gasteiger partial charge in [0.2, 0.25) is 0 Å². The Labute approximate surface area is 181 Å². The number of rotatable bonds is 5. The van der Waals surface area contributed by atoms with Gasteiger partial charge in [0.05, 0.1) is 10.6 Å². The van der Waals surface area contributed by atoms with Gasteiger partial charge in [-0.25, -0.2) is 18.1 Å². The lowest BCUT2D eigenvalue weighted by molar-refractivity contribution is -0.116. The van der Waals surface area contributed by atoms with E-state index in [-0.39, 0.29) is 30.4 Å². The number of hydrogen-bond donors (Lipinski definition) is 0. The largest absolute Gasteiger partial charge is 0.501 e. The summed E-state index contributed by atoms with van der Waals surface area (Å²) in [6.45, 7) is -0.321. The van der Waals surface area contributed by atoms with Crippen molar-refractivity contribution in [1.82, 2.24) is 14.8 Å². The van der Waals surface area contributed by atoms with E-state index in [4.69, 9.17) is 0 Å². The SMILES string of the molecule is CN(C)C(=O)c1cc(CN2CC(=O)N(c3ccc(S(=O)(=O)C(F)(F)F)cc3)C2=O)ccn1. The minimum atomic E-state index is -5.55. The summed E-state index contributed by atoms with van der Waals surface area (Å²) in [6.07, 6.45) is 1.39. The van der Waals surface area contributed by atoms with E-state index in [1.54, 1.807) is 20.2 Å². The first-order valence-corrected chi connectivity index (χ1v) is 10.5. The number of nitrogens with zero attached hydrogens (tertiary/aromatic N) is 4. The Hall–Kier alpha value is -3.48. The molecule has 4 amide bonds. The summed E-state index contributed by atoms with van der Waals surface area (Å²) in [5.41, 5.74) is -4.84. The fourth-order valence-electron chi connectivity index (χ4n) is 2.97. The molecule has 0 spiro atoms. The van der Waals surface area contributed by atoms with Gasteiger partial charge in [0, 0.05) is 26.8 Å². The Morgan fingerprint density at radius 3 is 2.31 bits per heavy atom. The van der Waals surface area contributed by atoms with Crippen LogP contribution in [0, 0.1) is 0 Å². The molecule has 1 aliphatic heterocycles. The smallest absolute Gasteiger partial charge is 0.343 e. The molecule has 9 nitrogen and oxygen atoms in total. The highest BCUT2D eigenvalue weighted by molar-refractivity contribution is 7.92. The normalized spacial score (nSPS) is 14.8. The van der Waals surface area contributed by atoms with Crippen molar-refractivity contribution in [3.8, 4) is 0 Å². The lowest BCUT2D eigenvalue weighted by atomic mass is 10.2. The molecule has 3 rings (SSSR count). The number of benzene rings is 1. The summed E-state index contributed by atoms with van der Waals surface area (Å²) in [6, 6.07) is 5.60. The maximum atomic E-state index is 12.7. The Balaban J connectivity index is 1.80. The highest BCUT2D eigenvalue weighted by Gasteiger charge is 2.47. The van der Waals surface area contributed by atoms with Crippen molar-refractivity contribution in [2.75, 3.05) is 25.5 Å². The molecule has 13 heteroatoms. The first-order chi connectivity index (χ1) is 14.8. The maximum absolute atomic E-state index is 12.7. The van der Waals surface area contributed by atoms with Crippen LogP contribution in [0.3, 0.4) is 0 Å². The summed E-state index contributed by atoms with van der Waals surface area (Å²) < 4.78 is 61.0. The van der Waals surface area contributed by atoms with Crippen LogP contribution in [0.15, 0.2) is 47.5 Å². The van der Waals surface area contributed by atoms with Crippen molar-refractivity contribution in [3.63, 3.8) is 0 Å². The van der Waals surface area contributed by atoms with Crippen LogP contribution in [0.1, 0.15) is 16.1 Å². The van der Waals surface area contributed by atoms with Gasteiger partial charge in [-0.1, -0.05) is 0 Å². The van der Waals surface area contributed by atoms with Crippen LogP contribution in [-0.2, 0) is 21.2 Å². The first-order valence-electron chi connectivity index (χ1n) is 9.03. The predicted molar refractivity (Wildman–Crippen MR) is 105 cm³/mol. The Morgan fingerprint density at radius 2 is 1.75 bits per heavy atom. The van der Waals surface area contributed by atoms with Crippen molar-refractivity contribution in [1.29, 1.82) is 0 Å². The minimum Gasteiger partial charge on any atom is -0.343 e. The van der Waals surface area contributed by atoms with Crippen molar-refractivity contribution >= 4 is 33.4 Å². The molecule has 1 saturated heterocycles. The molecule has 1 aliphatic rings. The van der Waals surface area contributed by atoms with Gasteiger partial charge in [-0.15, -0.1) is 0 Å². The Morgan fingerprint density at radius 1 is 1.12 bits per heavy atom. The number of halogens is 3. The van der Waals surface area contributed by atoms with Gasteiger partial charge in [0.25, 0.3) is 21.7 Å². The molecule has 1 aromatic heterocycles. The van der Waals surface area contributed by atoms with E-state index >= 15 is 0 Å². The molecule has 170 valence electrons. The molecule has 32 heavy (non-hydrogen) atoms. The van der Waals surface area contributed by atoms with E-state index in [1.807, 2.05) is 0 Å². The minimum absolute atomic E-state index is 0.0160. The first kappa shape index (κ1) is 23.2. The van der Waals surface area contributed by atoms with Crippen molar-refractivity contribution < 1.29 is 36.0 Å². The lowest BCUT2D eigenvalue weighted by Gasteiger charge is -2.18. The van der Waals surface area contributed by atoms with Crippen molar-refractivity contribution in [3.05, 3.63) is 53.9 Å². The fraction of sp³-hybridized carbons (Fsp3) is 0.263. The van der Waals surface area contributed by atoms with Gasteiger partial charge in [0.15, 0.2) is 0 Å². The molecule has 2 heterocycles. The third kappa shape index (κ3) is 4.28.